The lowest BCUT2D eigenvalue weighted by atomic mass is 9.78. The van der Waals surface area contributed by atoms with E-state index in [-0.39, 0.29) is 36.3 Å². The van der Waals surface area contributed by atoms with E-state index in [1.54, 1.807) is 0 Å². The zero-order valence-corrected chi connectivity index (χ0v) is 15.8. The molecule has 1 aliphatic carbocycles. The van der Waals surface area contributed by atoms with E-state index in [1.807, 2.05) is 0 Å². The van der Waals surface area contributed by atoms with Crippen molar-refractivity contribution in [2.75, 3.05) is 13.1 Å². The van der Waals surface area contributed by atoms with Gasteiger partial charge in [0.2, 0.25) is 0 Å². The molecule has 3 heterocycles. The van der Waals surface area contributed by atoms with E-state index in [2.05, 4.69) is 9.97 Å². The summed E-state index contributed by atoms with van der Waals surface area (Å²) in [4.78, 5) is 41.3. The third-order valence-electron chi connectivity index (χ3n) is 5.87. The van der Waals surface area contributed by atoms with E-state index in [1.165, 1.54) is 29.5 Å². The number of piperidine rings is 1. The molecule has 4 rings (SSSR count). The van der Waals surface area contributed by atoms with E-state index in [9.17, 15) is 30.3 Å². The largest absolute Gasteiger partial charge is 0.287 e. The van der Waals surface area contributed by atoms with Gasteiger partial charge in [0.25, 0.3) is 11.4 Å². The number of nitro groups is 3. The molecular formula is C18H18N6O6. The van der Waals surface area contributed by atoms with Crippen LogP contribution in [0.1, 0.15) is 41.3 Å². The van der Waals surface area contributed by atoms with Crippen LogP contribution in [-0.2, 0) is 12.8 Å². The summed E-state index contributed by atoms with van der Waals surface area (Å²) >= 11 is 0. The number of fused-ring (bicyclic) bond motifs is 2. The highest BCUT2D eigenvalue weighted by Gasteiger charge is 2.37. The van der Waals surface area contributed by atoms with Crippen LogP contribution in [0.15, 0.2) is 24.5 Å². The summed E-state index contributed by atoms with van der Waals surface area (Å²) in [6.07, 6.45) is 4.39. The lowest BCUT2D eigenvalue weighted by molar-refractivity contribution is -0.658. The lowest BCUT2D eigenvalue weighted by Crippen LogP contribution is -2.39. The van der Waals surface area contributed by atoms with Crippen molar-refractivity contribution >= 4 is 11.4 Å². The normalized spacial score (nSPS) is 17.0. The van der Waals surface area contributed by atoms with Crippen molar-refractivity contribution in [1.29, 1.82) is 0 Å². The molecule has 0 radical (unpaired) electrons. The Morgan fingerprint density at radius 2 is 1.30 bits per heavy atom. The summed E-state index contributed by atoms with van der Waals surface area (Å²) in [5.74, 6) is -0.340. The number of hydrogen-bond acceptors (Lipinski definition) is 8. The van der Waals surface area contributed by atoms with Crippen LogP contribution in [0.25, 0.3) is 0 Å². The number of hydrazine groups is 1. The minimum absolute atomic E-state index is 0.0142. The van der Waals surface area contributed by atoms with Gasteiger partial charge in [-0.2, -0.15) is 0 Å². The third kappa shape index (κ3) is 3.51. The maximum atomic E-state index is 11.2. The predicted octanol–water partition coefficient (Wildman–Crippen LogP) is 2.43. The molecule has 0 bridgehead atoms. The lowest BCUT2D eigenvalue weighted by Gasteiger charge is -2.32. The monoisotopic (exact) mass is 414 g/mol. The molecule has 30 heavy (non-hydrogen) atoms. The molecule has 2 aliphatic rings. The first-order valence-corrected chi connectivity index (χ1v) is 9.51. The van der Waals surface area contributed by atoms with Gasteiger partial charge in [0.05, 0.1) is 34.3 Å². The summed E-state index contributed by atoms with van der Waals surface area (Å²) < 4.78 is 0. The SMILES string of the molecule is O=[N+]([O-])c1cnc2c(c1)CCc1cc([N+](=O)[O-])cnc1C2C1CCN([N+](=O)[O-])CC1. The standard InChI is InChI=1S/C18H18N6O6/c25-22(26)14-7-12-1-2-13-8-15(23(27)28)10-20-18(13)16(17(12)19-9-14)11-3-5-21(6-4-11)24(29)30/h7-11,16H,1-6H2. The number of nitrogens with zero attached hydrogens (tertiary/aromatic N) is 6. The van der Waals surface area contributed by atoms with Gasteiger partial charge in [0.1, 0.15) is 12.4 Å². The van der Waals surface area contributed by atoms with Crippen LogP contribution in [0, 0.1) is 36.3 Å². The molecule has 1 fully saturated rings. The maximum absolute atomic E-state index is 11.2. The second-order valence-electron chi connectivity index (χ2n) is 7.50. The van der Waals surface area contributed by atoms with E-state index in [4.69, 9.17) is 0 Å². The van der Waals surface area contributed by atoms with E-state index >= 15 is 0 Å². The summed E-state index contributed by atoms with van der Waals surface area (Å²) in [6.45, 7) is 0.553. The molecule has 156 valence electrons. The molecule has 12 nitrogen and oxygen atoms in total. The molecular weight excluding hydrogens is 396 g/mol. The highest BCUT2D eigenvalue weighted by Crippen LogP contribution is 2.42. The molecule has 12 heteroatoms. The molecule has 2 aromatic rings. The van der Waals surface area contributed by atoms with Gasteiger partial charge in [-0.1, -0.05) is 0 Å². The van der Waals surface area contributed by atoms with Gasteiger partial charge in [-0.25, -0.2) is 10.1 Å². The molecule has 1 saturated heterocycles. The molecule has 0 unspecified atom stereocenters. The molecule has 0 aromatic carbocycles. The van der Waals surface area contributed by atoms with Gasteiger partial charge in [0.15, 0.2) is 5.03 Å². The fraction of sp³-hybridized carbons (Fsp3) is 0.444. The Morgan fingerprint density at radius 3 is 1.70 bits per heavy atom. The number of pyridine rings is 2. The molecule has 2 aromatic heterocycles. The number of aryl methyl sites for hydroxylation is 2. The number of hydrogen-bond donors (Lipinski definition) is 0. The molecule has 1 aliphatic heterocycles. The van der Waals surface area contributed by atoms with Crippen LogP contribution in [0.5, 0.6) is 0 Å². The molecule has 0 atom stereocenters. The Balaban J connectivity index is 1.79. The highest BCUT2D eigenvalue weighted by atomic mass is 16.7. The van der Waals surface area contributed by atoms with Crippen molar-refractivity contribution < 1.29 is 14.9 Å². The third-order valence-corrected chi connectivity index (χ3v) is 5.87. The number of rotatable bonds is 4. The van der Waals surface area contributed by atoms with Gasteiger partial charge in [-0.05, 0) is 42.7 Å². The van der Waals surface area contributed by atoms with Crippen molar-refractivity contribution in [2.24, 2.45) is 5.92 Å². The van der Waals surface area contributed by atoms with Gasteiger partial charge >= 0.3 is 0 Å². The van der Waals surface area contributed by atoms with Gasteiger partial charge in [-0.3, -0.25) is 30.2 Å². The molecule has 0 amide bonds. The fourth-order valence-electron chi connectivity index (χ4n) is 4.40. The summed E-state index contributed by atoms with van der Waals surface area (Å²) in [7, 11) is 0. The summed E-state index contributed by atoms with van der Waals surface area (Å²) in [5, 5.41) is 34.2. The van der Waals surface area contributed by atoms with Crippen LogP contribution >= 0.6 is 0 Å². The topological polar surface area (TPSA) is 158 Å². The zero-order valence-electron chi connectivity index (χ0n) is 15.8. The minimum atomic E-state index is -0.501. The Morgan fingerprint density at radius 1 is 0.833 bits per heavy atom. The Labute approximate surface area is 170 Å². The Hall–Kier alpha value is -3.70. The Kier molecular flexibility index (Phi) is 4.98. The summed E-state index contributed by atoms with van der Waals surface area (Å²) in [6, 6.07) is 3.00. The average Bonchev–Trinajstić information content (AvgIpc) is 2.89. The predicted molar refractivity (Wildman–Crippen MR) is 102 cm³/mol. The first-order chi connectivity index (χ1) is 14.3. The fourth-order valence-corrected chi connectivity index (χ4v) is 4.40. The molecule has 0 N–H and O–H groups in total. The van der Waals surface area contributed by atoms with Crippen LogP contribution in [0.3, 0.4) is 0 Å². The minimum Gasteiger partial charge on any atom is -0.258 e. The van der Waals surface area contributed by atoms with Crippen LogP contribution < -0.4 is 0 Å². The van der Waals surface area contributed by atoms with Crippen LogP contribution in [0.4, 0.5) is 11.4 Å². The van der Waals surface area contributed by atoms with Crippen LogP contribution in [0.2, 0.25) is 0 Å². The second kappa shape index (κ2) is 7.61. The van der Waals surface area contributed by atoms with Gasteiger partial charge < -0.3 is 0 Å². The van der Waals surface area contributed by atoms with Crippen molar-refractivity contribution in [3.63, 3.8) is 0 Å². The Bertz CT molecular complexity index is 970. The number of aromatic nitrogens is 2. The zero-order chi connectivity index (χ0) is 21.4. The smallest absolute Gasteiger partial charge is 0.258 e. The van der Waals surface area contributed by atoms with Gasteiger partial charge in [0, 0.05) is 18.1 Å². The summed E-state index contributed by atoms with van der Waals surface area (Å²) in [5.41, 5.74) is 2.54. The van der Waals surface area contributed by atoms with E-state index in [0.717, 1.165) is 0 Å². The van der Waals surface area contributed by atoms with Crippen molar-refractivity contribution in [2.45, 2.75) is 31.6 Å². The van der Waals surface area contributed by atoms with Crippen molar-refractivity contribution in [3.05, 3.63) is 77.4 Å². The second-order valence-corrected chi connectivity index (χ2v) is 7.50. The van der Waals surface area contributed by atoms with E-state index < -0.39 is 14.9 Å². The highest BCUT2D eigenvalue weighted by molar-refractivity contribution is 5.46. The molecule has 0 spiro atoms. The van der Waals surface area contributed by atoms with E-state index in [0.29, 0.717) is 48.2 Å². The average molecular weight is 414 g/mol. The van der Waals surface area contributed by atoms with Crippen molar-refractivity contribution in [3.8, 4) is 0 Å². The molecule has 0 saturated carbocycles. The van der Waals surface area contributed by atoms with Crippen molar-refractivity contribution in [1.82, 2.24) is 15.0 Å². The first-order valence-electron chi connectivity index (χ1n) is 9.51. The van der Waals surface area contributed by atoms with Gasteiger partial charge in [-0.15, -0.1) is 5.01 Å². The quantitative estimate of drug-likeness (QED) is 0.541. The maximum Gasteiger partial charge on any atom is 0.287 e. The van der Waals surface area contributed by atoms with Crippen LogP contribution in [-0.4, -0.2) is 42.9 Å². The first kappa shape index (κ1) is 19.6.